The van der Waals surface area contributed by atoms with Crippen molar-refractivity contribution in [2.24, 2.45) is 0 Å². The van der Waals surface area contributed by atoms with Crippen LogP contribution in [0.4, 0.5) is 17.1 Å². The summed E-state index contributed by atoms with van der Waals surface area (Å²) in [6.45, 7) is 0. The molecule has 11 rings (SSSR count). The van der Waals surface area contributed by atoms with Crippen LogP contribution in [0.2, 0.25) is 0 Å². The first kappa shape index (κ1) is 28.0. The molecule has 11 aromatic rings. The fourth-order valence-corrected chi connectivity index (χ4v) is 8.10. The molecule has 0 aliphatic rings. The highest BCUT2D eigenvalue weighted by Gasteiger charge is 2.23. The third kappa shape index (κ3) is 4.25. The summed E-state index contributed by atoms with van der Waals surface area (Å²) in [6, 6.07) is 62.7. The maximum absolute atomic E-state index is 6.83. The highest BCUT2D eigenvalue weighted by molar-refractivity contribution is 6.25. The number of fused-ring (bicyclic) bond motifs is 10. The molecule has 2 heterocycles. The molecular formula is C48H29NO2. The summed E-state index contributed by atoms with van der Waals surface area (Å²) in [5.41, 5.74) is 9.03. The molecule has 3 nitrogen and oxygen atoms in total. The minimum absolute atomic E-state index is 0.859. The lowest BCUT2D eigenvalue weighted by Crippen LogP contribution is -2.10. The molecule has 0 unspecified atom stereocenters. The Morgan fingerprint density at radius 2 is 0.843 bits per heavy atom. The lowest BCUT2D eigenvalue weighted by Gasteiger charge is -2.28. The fraction of sp³-hybridized carbons (Fsp3) is 0. The maximum atomic E-state index is 6.83. The quantitative estimate of drug-likeness (QED) is 0.190. The largest absolute Gasteiger partial charge is 0.456 e. The van der Waals surface area contributed by atoms with Crippen molar-refractivity contribution in [1.82, 2.24) is 0 Å². The molecule has 0 atom stereocenters. The Morgan fingerprint density at radius 1 is 0.333 bits per heavy atom. The molecule has 3 heteroatoms. The number of nitrogens with zero attached hydrogens (tertiary/aromatic N) is 1. The molecular weight excluding hydrogens is 623 g/mol. The highest BCUT2D eigenvalue weighted by Crippen LogP contribution is 2.48. The SMILES string of the molecule is c1ccc2cc(N(c3ccc4ccccc4c3)c3cc4c(oc5cccc(-c6cccc7oc8ccccc8c67)c54)c4ccccc34)ccc2c1. The molecule has 0 radical (unpaired) electrons. The van der Waals surface area contributed by atoms with Gasteiger partial charge in [0.05, 0.1) is 5.69 Å². The van der Waals surface area contributed by atoms with Gasteiger partial charge in [-0.2, -0.15) is 0 Å². The molecule has 238 valence electrons. The number of hydrogen-bond acceptors (Lipinski definition) is 3. The Balaban J connectivity index is 1.25. The van der Waals surface area contributed by atoms with Gasteiger partial charge >= 0.3 is 0 Å². The van der Waals surface area contributed by atoms with Crippen LogP contribution in [0.1, 0.15) is 0 Å². The predicted octanol–water partition coefficient (Wildman–Crippen LogP) is 14.1. The molecule has 0 N–H and O–H groups in total. The maximum Gasteiger partial charge on any atom is 0.143 e. The van der Waals surface area contributed by atoms with Gasteiger partial charge in [0.25, 0.3) is 0 Å². The van der Waals surface area contributed by atoms with Gasteiger partial charge in [-0.15, -0.1) is 0 Å². The third-order valence-electron chi connectivity index (χ3n) is 10.4. The number of para-hydroxylation sites is 1. The van der Waals surface area contributed by atoms with Crippen molar-refractivity contribution in [3.63, 3.8) is 0 Å². The summed E-state index contributed by atoms with van der Waals surface area (Å²) < 4.78 is 13.2. The molecule has 51 heavy (non-hydrogen) atoms. The van der Waals surface area contributed by atoms with E-state index in [0.717, 1.165) is 82.8 Å². The van der Waals surface area contributed by atoms with E-state index in [1.165, 1.54) is 21.5 Å². The first-order valence-electron chi connectivity index (χ1n) is 17.3. The Hall–Kier alpha value is -6.84. The van der Waals surface area contributed by atoms with Gasteiger partial charge in [0.15, 0.2) is 0 Å². The average Bonchev–Trinajstić information content (AvgIpc) is 3.77. The van der Waals surface area contributed by atoms with Crippen molar-refractivity contribution in [2.75, 3.05) is 4.90 Å². The van der Waals surface area contributed by atoms with Crippen LogP contribution >= 0.6 is 0 Å². The third-order valence-corrected chi connectivity index (χ3v) is 10.4. The zero-order valence-corrected chi connectivity index (χ0v) is 27.5. The van der Waals surface area contributed by atoms with E-state index in [1.54, 1.807) is 0 Å². The van der Waals surface area contributed by atoms with E-state index < -0.39 is 0 Å². The highest BCUT2D eigenvalue weighted by atomic mass is 16.3. The summed E-state index contributed by atoms with van der Waals surface area (Å²) in [5, 5.41) is 11.4. The van der Waals surface area contributed by atoms with Crippen LogP contribution in [-0.4, -0.2) is 0 Å². The Kier molecular flexibility index (Phi) is 5.96. The molecule has 0 saturated carbocycles. The van der Waals surface area contributed by atoms with Crippen LogP contribution in [0, 0.1) is 0 Å². The minimum Gasteiger partial charge on any atom is -0.456 e. The normalized spacial score (nSPS) is 11.9. The summed E-state index contributed by atoms with van der Waals surface area (Å²) in [4.78, 5) is 2.41. The standard InChI is InChI=1S/C48H29NO2/c1-3-13-32-27-34(25-23-30(32)11-1)49(35-26-24-31-12-2-4-14-33(31)28-35)42-29-41-47-38(19-10-22-45(47)51-48(41)39-16-6-5-15-36(39)42)37-18-9-21-44-46(37)40-17-7-8-20-43(40)50-44/h1-29H. The average molecular weight is 652 g/mol. The molecule has 0 spiro atoms. The van der Waals surface area contributed by atoms with E-state index in [9.17, 15) is 0 Å². The zero-order valence-electron chi connectivity index (χ0n) is 27.5. The first-order chi connectivity index (χ1) is 25.3. The van der Waals surface area contributed by atoms with Gasteiger partial charge in [-0.25, -0.2) is 0 Å². The molecule has 0 fully saturated rings. The van der Waals surface area contributed by atoms with E-state index in [2.05, 4.69) is 169 Å². The van der Waals surface area contributed by atoms with Crippen molar-refractivity contribution in [1.29, 1.82) is 0 Å². The van der Waals surface area contributed by atoms with Crippen molar-refractivity contribution in [3.05, 3.63) is 176 Å². The van der Waals surface area contributed by atoms with E-state index in [4.69, 9.17) is 8.83 Å². The number of benzene rings is 9. The van der Waals surface area contributed by atoms with Gasteiger partial charge < -0.3 is 13.7 Å². The summed E-state index contributed by atoms with van der Waals surface area (Å²) in [5.74, 6) is 0. The zero-order chi connectivity index (χ0) is 33.5. The topological polar surface area (TPSA) is 29.5 Å². The van der Waals surface area contributed by atoms with Crippen LogP contribution in [0.25, 0.3) is 87.3 Å². The number of anilines is 3. The van der Waals surface area contributed by atoms with Gasteiger partial charge in [0.1, 0.15) is 22.3 Å². The molecule has 0 aliphatic carbocycles. The Morgan fingerprint density at radius 3 is 1.51 bits per heavy atom. The Bertz CT molecular complexity index is 3090. The van der Waals surface area contributed by atoms with Crippen LogP contribution in [0.15, 0.2) is 185 Å². The second-order valence-electron chi connectivity index (χ2n) is 13.3. The fourth-order valence-electron chi connectivity index (χ4n) is 8.10. The molecule has 0 saturated heterocycles. The van der Waals surface area contributed by atoms with Gasteiger partial charge in [-0.3, -0.25) is 0 Å². The van der Waals surface area contributed by atoms with Crippen molar-refractivity contribution in [3.8, 4) is 11.1 Å². The van der Waals surface area contributed by atoms with E-state index in [1.807, 2.05) is 12.1 Å². The second-order valence-corrected chi connectivity index (χ2v) is 13.3. The lowest BCUT2D eigenvalue weighted by molar-refractivity contribution is 0.669. The molecule has 2 aromatic heterocycles. The summed E-state index contributed by atoms with van der Waals surface area (Å²) in [6.07, 6.45) is 0. The summed E-state index contributed by atoms with van der Waals surface area (Å²) in [7, 11) is 0. The Labute approximate surface area is 293 Å². The van der Waals surface area contributed by atoms with Gasteiger partial charge in [0.2, 0.25) is 0 Å². The molecule has 0 bridgehead atoms. The summed E-state index contributed by atoms with van der Waals surface area (Å²) >= 11 is 0. The van der Waals surface area contributed by atoms with Crippen LogP contribution < -0.4 is 4.90 Å². The monoisotopic (exact) mass is 651 g/mol. The number of hydrogen-bond donors (Lipinski definition) is 0. The lowest BCUT2D eigenvalue weighted by atomic mass is 9.94. The number of rotatable bonds is 4. The van der Waals surface area contributed by atoms with E-state index >= 15 is 0 Å². The van der Waals surface area contributed by atoms with Crippen LogP contribution in [-0.2, 0) is 0 Å². The smallest absolute Gasteiger partial charge is 0.143 e. The van der Waals surface area contributed by atoms with E-state index in [-0.39, 0.29) is 0 Å². The van der Waals surface area contributed by atoms with Gasteiger partial charge in [-0.05, 0) is 81.2 Å². The van der Waals surface area contributed by atoms with Crippen molar-refractivity contribution in [2.45, 2.75) is 0 Å². The molecule has 0 amide bonds. The van der Waals surface area contributed by atoms with E-state index in [0.29, 0.717) is 0 Å². The number of furan rings is 2. The van der Waals surface area contributed by atoms with Gasteiger partial charge in [0, 0.05) is 43.7 Å². The van der Waals surface area contributed by atoms with Gasteiger partial charge in [-0.1, -0.05) is 127 Å². The van der Waals surface area contributed by atoms with Crippen molar-refractivity contribution < 1.29 is 8.83 Å². The first-order valence-corrected chi connectivity index (χ1v) is 17.3. The minimum atomic E-state index is 0.859. The predicted molar refractivity (Wildman–Crippen MR) is 214 cm³/mol. The van der Waals surface area contributed by atoms with Crippen molar-refractivity contribution >= 4 is 93.3 Å². The molecule has 9 aromatic carbocycles. The van der Waals surface area contributed by atoms with Crippen LogP contribution in [0.5, 0.6) is 0 Å². The van der Waals surface area contributed by atoms with Crippen LogP contribution in [0.3, 0.4) is 0 Å². The molecule has 0 aliphatic heterocycles. The second kappa shape index (κ2) is 10.8.